The molecule has 2 aromatic rings. The van der Waals surface area contributed by atoms with E-state index >= 15 is 0 Å². The average molecular weight is 290 g/mol. The van der Waals surface area contributed by atoms with Gasteiger partial charge in [-0.25, -0.2) is 4.39 Å². The zero-order valence-electron chi connectivity index (χ0n) is 10.2. The fourth-order valence-corrected chi connectivity index (χ4v) is 1.77. The highest BCUT2D eigenvalue weighted by Crippen LogP contribution is 2.24. The van der Waals surface area contributed by atoms with Crippen molar-refractivity contribution in [3.05, 3.63) is 58.4 Å². The van der Waals surface area contributed by atoms with E-state index in [0.29, 0.717) is 5.56 Å². The first-order chi connectivity index (χ1) is 9.51. The van der Waals surface area contributed by atoms with Gasteiger partial charge in [0, 0.05) is 5.69 Å². The largest absolute Gasteiger partial charge is 0.398 e. The van der Waals surface area contributed by atoms with Gasteiger partial charge in [-0.2, -0.15) is 5.26 Å². The summed E-state index contributed by atoms with van der Waals surface area (Å²) >= 11 is 5.93. The summed E-state index contributed by atoms with van der Waals surface area (Å²) in [5.74, 6) is -1.17. The van der Waals surface area contributed by atoms with Crippen molar-refractivity contribution in [1.29, 1.82) is 5.26 Å². The lowest BCUT2D eigenvalue weighted by Crippen LogP contribution is -2.14. The Labute approximate surface area is 119 Å². The molecule has 0 atom stereocenters. The summed E-state index contributed by atoms with van der Waals surface area (Å²) in [6.45, 7) is 0. The molecule has 2 aromatic carbocycles. The maximum atomic E-state index is 13.1. The van der Waals surface area contributed by atoms with E-state index in [-0.39, 0.29) is 22.0 Å². The summed E-state index contributed by atoms with van der Waals surface area (Å²) in [6, 6.07) is 9.87. The van der Waals surface area contributed by atoms with E-state index in [0.717, 1.165) is 12.1 Å². The van der Waals surface area contributed by atoms with Gasteiger partial charge in [-0.15, -0.1) is 0 Å². The lowest BCUT2D eigenvalue weighted by molar-refractivity contribution is 0.102. The zero-order chi connectivity index (χ0) is 14.7. The van der Waals surface area contributed by atoms with Gasteiger partial charge in [0.25, 0.3) is 5.91 Å². The molecule has 0 aromatic heterocycles. The van der Waals surface area contributed by atoms with Crippen LogP contribution in [0.3, 0.4) is 0 Å². The first-order valence-corrected chi connectivity index (χ1v) is 5.95. The zero-order valence-corrected chi connectivity index (χ0v) is 10.9. The van der Waals surface area contributed by atoms with Gasteiger partial charge < -0.3 is 11.1 Å². The number of hydrogen-bond donors (Lipinski definition) is 2. The molecule has 100 valence electrons. The van der Waals surface area contributed by atoms with Gasteiger partial charge in [0.1, 0.15) is 5.82 Å². The molecule has 0 aliphatic carbocycles. The smallest absolute Gasteiger partial charge is 0.257 e. The first kappa shape index (κ1) is 13.8. The van der Waals surface area contributed by atoms with Crippen molar-refractivity contribution in [3.63, 3.8) is 0 Å². The second-order valence-corrected chi connectivity index (χ2v) is 4.40. The topological polar surface area (TPSA) is 78.9 Å². The minimum atomic E-state index is -0.598. The van der Waals surface area contributed by atoms with Crippen LogP contribution in [0.1, 0.15) is 15.9 Å². The Balaban J connectivity index is 2.33. The monoisotopic (exact) mass is 289 g/mol. The highest BCUT2D eigenvalue weighted by molar-refractivity contribution is 6.34. The Hall–Kier alpha value is -2.58. The molecule has 3 N–H and O–H groups in total. The molecule has 0 heterocycles. The molecular weight excluding hydrogens is 281 g/mol. The van der Waals surface area contributed by atoms with E-state index in [4.69, 9.17) is 22.6 Å². The van der Waals surface area contributed by atoms with Crippen LogP contribution in [0.2, 0.25) is 5.02 Å². The molecule has 1 amide bonds. The molecule has 0 aliphatic heterocycles. The van der Waals surface area contributed by atoms with Crippen LogP contribution in [0.5, 0.6) is 0 Å². The van der Waals surface area contributed by atoms with Crippen LogP contribution >= 0.6 is 11.6 Å². The average Bonchev–Trinajstić information content (AvgIpc) is 2.43. The van der Waals surface area contributed by atoms with Crippen LogP contribution in [0, 0.1) is 17.1 Å². The molecule has 0 fully saturated rings. The molecule has 2 rings (SSSR count). The van der Waals surface area contributed by atoms with E-state index in [9.17, 15) is 9.18 Å². The van der Waals surface area contributed by atoms with E-state index in [1.165, 1.54) is 24.3 Å². The number of hydrogen-bond acceptors (Lipinski definition) is 3. The fourth-order valence-electron chi connectivity index (χ4n) is 1.61. The normalized spacial score (nSPS) is 9.85. The molecule has 0 unspecified atom stereocenters. The Bertz CT molecular complexity index is 725. The lowest BCUT2D eigenvalue weighted by Gasteiger charge is -2.09. The Kier molecular flexibility index (Phi) is 3.87. The standard InChI is InChI=1S/C14H9ClFN3O/c15-11-3-1-8(7-17)5-13(11)19-14(20)10-6-9(16)2-4-12(10)18/h1-6H,18H2,(H,19,20). The number of carbonyl (C=O) groups is 1. The number of nitrogens with zero attached hydrogens (tertiary/aromatic N) is 1. The van der Waals surface area contributed by atoms with E-state index in [1.807, 2.05) is 6.07 Å². The summed E-state index contributed by atoms with van der Waals surface area (Å²) < 4.78 is 13.1. The second kappa shape index (κ2) is 5.59. The van der Waals surface area contributed by atoms with Crippen molar-refractivity contribution in [1.82, 2.24) is 0 Å². The van der Waals surface area contributed by atoms with Crippen molar-refractivity contribution in [3.8, 4) is 6.07 Å². The number of benzene rings is 2. The van der Waals surface area contributed by atoms with E-state index < -0.39 is 11.7 Å². The number of halogens is 2. The summed E-state index contributed by atoms with van der Waals surface area (Å²) in [5.41, 5.74) is 6.39. The fraction of sp³-hybridized carbons (Fsp3) is 0. The number of carbonyl (C=O) groups excluding carboxylic acids is 1. The van der Waals surface area contributed by atoms with Gasteiger partial charge in [0.05, 0.1) is 27.9 Å². The predicted octanol–water partition coefficient (Wildman–Crippen LogP) is 3.19. The molecule has 0 radical (unpaired) electrons. The van der Waals surface area contributed by atoms with Crippen LogP contribution in [0.25, 0.3) is 0 Å². The van der Waals surface area contributed by atoms with Crippen LogP contribution < -0.4 is 11.1 Å². The van der Waals surface area contributed by atoms with Crippen LogP contribution in [0.15, 0.2) is 36.4 Å². The summed E-state index contributed by atoms with van der Waals surface area (Å²) in [6.07, 6.45) is 0. The van der Waals surface area contributed by atoms with Crippen molar-refractivity contribution in [2.24, 2.45) is 0 Å². The first-order valence-electron chi connectivity index (χ1n) is 5.57. The number of anilines is 2. The molecule has 4 nitrogen and oxygen atoms in total. The molecule has 0 spiro atoms. The van der Waals surface area contributed by atoms with E-state index in [1.54, 1.807) is 0 Å². The number of nitriles is 1. The van der Waals surface area contributed by atoms with Gasteiger partial charge in [0.15, 0.2) is 0 Å². The van der Waals surface area contributed by atoms with Crippen LogP contribution in [0.4, 0.5) is 15.8 Å². The molecule has 0 saturated heterocycles. The molecule has 0 bridgehead atoms. The summed E-state index contributed by atoms with van der Waals surface area (Å²) in [4.78, 5) is 12.0. The highest BCUT2D eigenvalue weighted by atomic mass is 35.5. The molecule has 6 heteroatoms. The third kappa shape index (κ3) is 2.87. The predicted molar refractivity (Wildman–Crippen MR) is 74.9 cm³/mol. The second-order valence-electron chi connectivity index (χ2n) is 3.99. The minimum absolute atomic E-state index is 0.00317. The number of amides is 1. The van der Waals surface area contributed by atoms with E-state index in [2.05, 4.69) is 5.32 Å². The van der Waals surface area contributed by atoms with Crippen LogP contribution in [-0.4, -0.2) is 5.91 Å². The van der Waals surface area contributed by atoms with Gasteiger partial charge in [-0.1, -0.05) is 11.6 Å². The minimum Gasteiger partial charge on any atom is -0.398 e. The number of rotatable bonds is 2. The number of nitrogens with two attached hydrogens (primary N) is 1. The molecule has 20 heavy (non-hydrogen) atoms. The van der Waals surface area contributed by atoms with Gasteiger partial charge in [-0.3, -0.25) is 4.79 Å². The molecule has 0 aliphatic rings. The van der Waals surface area contributed by atoms with Crippen molar-refractivity contribution < 1.29 is 9.18 Å². The van der Waals surface area contributed by atoms with Gasteiger partial charge in [-0.05, 0) is 36.4 Å². The lowest BCUT2D eigenvalue weighted by atomic mass is 10.1. The SMILES string of the molecule is N#Cc1ccc(Cl)c(NC(=O)c2cc(F)ccc2N)c1. The maximum Gasteiger partial charge on any atom is 0.257 e. The summed E-state index contributed by atoms with van der Waals surface area (Å²) in [5, 5.41) is 11.6. The van der Waals surface area contributed by atoms with Crippen molar-refractivity contribution in [2.75, 3.05) is 11.1 Å². The highest BCUT2D eigenvalue weighted by Gasteiger charge is 2.13. The summed E-state index contributed by atoms with van der Waals surface area (Å²) in [7, 11) is 0. The Morgan fingerprint density at radius 1 is 1.30 bits per heavy atom. The third-order valence-corrected chi connectivity index (χ3v) is 2.93. The van der Waals surface area contributed by atoms with Gasteiger partial charge >= 0.3 is 0 Å². The van der Waals surface area contributed by atoms with Crippen LogP contribution in [-0.2, 0) is 0 Å². The molecular formula is C14H9ClFN3O. The van der Waals surface area contributed by atoms with Crippen molar-refractivity contribution >= 4 is 28.9 Å². The Morgan fingerprint density at radius 3 is 2.75 bits per heavy atom. The molecule has 0 saturated carbocycles. The number of nitrogen functional groups attached to an aromatic ring is 1. The maximum absolute atomic E-state index is 13.1. The third-order valence-electron chi connectivity index (χ3n) is 2.60. The number of nitrogens with one attached hydrogen (secondary N) is 1. The Morgan fingerprint density at radius 2 is 2.05 bits per heavy atom. The quantitative estimate of drug-likeness (QED) is 0.833. The van der Waals surface area contributed by atoms with Crippen molar-refractivity contribution in [2.45, 2.75) is 0 Å². The van der Waals surface area contributed by atoms with Gasteiger partial charge in [0.2, 0.25) is 0 Å².